The molecule has 3 aliphatic heterocycles. The number of aromatic hydroxyl groups is 1. The second kappa shape index (κ2) is 20.9. The predicted molar refractivity (Wildman–Crippen MR) is 258 cm³/mol. The lowest BCUT2D eigenvalue weighted by Crippen LogP contribution is -2.63. The van der Waals surface area contributed by atoms with Crippen LogP contribution in [0.4, 0.5) is 0 Å². The molecule has 16 nitrogen and oxygen atoms in total. The highest BCUT2D eigenvalue weighted by atomic mass is 16.5. The zero-order valence-corrected chi connectivity index (χ0v) is 40.8. The Hall–Kier alpha value is -6.28. The number of likely N-dealkylation sites (tertiary alicyclic amines) is 1. The number of hydrogen-bond donors (Lipinski definition) is 3. The number of carbonyl (C=O) groups is 5. The molecule has 6 bridgehead atoms. The molecule has 7 rings (SSSR count). The van der Waals surface area contributed by atoms with Crippen molar-refractivity contribution in [3.8, 4) is 40.0 Å². The first kappa shape index (κ1) is 49.6. The third-order valence-electron chi connectivity index (χ3n) is 13.0. The molecule has 2 saturated heterocycles. The Bertz CT molecular complexity index is 2620. The number of hydrazine groups is 1. The smallest absolute Gasteiger partial charge is 0.324 e. The first-order chi connectivity index (χ1) is 32.4. The summed E-state index contributed by atoms with van der Waals surface area (Å²) in [6.45, 7) is 12.1. The molecule has 0 aliphatic carbocycles. The Balaban J connectivity index is 1.25. The molecule has 0 radical (unpaired) electrons. The fourth-order valence-corrected chi connectivity index (χ4v) is 9.68. The summed E-state index contributed by atoms with van der Waals surface area (Å²) >= 11 is 0. The molecular weight excluding hydrogens is 865 g/mol. The van der Waals surface area contributed by atoms with E-state index in [4.69, 9.17) is 14.5 Å². The maximum Gasteiger partial charge on any atom is 0.324 e. The summed E-state index contributed by atoms with van der Waals surface area (Å²) in [5, 5.41) is 16.7. The van der Waals surface area contributed by atoms with Gasteiger partial charge in [-0.25, -0.2) is 5.43 Å². The SMILES string of the molecule is CCn1c(-c2cccnc2COC)c2c3cc(ccc31)-c1cc(O)cc(c1)C[C@H](NC(=O)C(C(C)C)N(C)C(=O)C1CN(C(=O)C#CCN(C)C)C1)C(=O)N1CCC[C@H](N1)C(=O)OCC(C)(C)C2. The number of likely N-dealkylation sites (N-methyl/N-ethyl adjacent to an activating group) is 1. The number of esters is 1. The van der Waals surface area contributed by atoms with Crippen LogP contribution in [-0.4, -0.2) is 143 Å². The average Bonchev–Trinajstić information content (AvgIpc) is 3.58. The van der Waals surface area contributed by atoms with E-state index in [1.165, 1.54) is 14.8 Å². The van der Waals surface area contributed by atoms with E-state index < -0.39 is 47.2 Å². The molecule has 16 heteroatoms. The molecule has 0 saturated carbocycles. The van der Waals surface area contributed by atoms with Crippen molar-refractivity contribution in [2.75, 3.05) is 61.0 Å². The Kier molecular flexibility index (Phi) is 15.3. The van der Waals surface area contributed by atoms with E-state index in [1.54, 1.807) is 32.5 Å². The Morgan fingerprint density at radius 2 is 1.84 bits per heavy atom. The number of hydrogen-bond acceptors (Lipinski definition) is 11. The number of fused-ring (bicyclic) bond motifs is 6. The van der Waals surface area contributed by atoms with Crippen molar-refractivity contribution in [3.05, 3.63) is 71.5 Å². The standard InChI is InChI=1S/C52H66N8O8/c1-10-59-44-18-17-34-26-39(44)40(47(59)38-14-11-19-53-43(38)30-67-9)27-52(4,5)31-68-51(66)41-15-12-21-60(55-41)50(65)42(24-33-22-35(34)25-37(61)23-33)54-48(63)46(32(2)3)57(8)49(64)36-28-58(29-36)45(62)16-13-20-56(6)7/h11,14,17-19,22-23,25-26,32,36,41-42,46,55,61H,10,12,15,20-21,24,27-31H2,1-9H3,(H,54,63)/t41-,42-,46?/m0/s1. The summed E-state index contributed by atoms with van der Waals surface area (Å²) in [6.07, 6.45) is 3.23. The fourth-order valence-electron chi connectivity index (χ4n) is 9.68. The third kappa shape index (κ3) is 10.9. The van der Waals surface area contributed by atoms with Crippen LogP contribution < -0.4 is 10.7 Å². The average molecular weight is 931 g/mol. The fraction of sp³-hybridized carbons (Fsp3) is 0.500. The van der Waals surface area contributed by atoms with Crippen molar-refractivity contribution >= 4 is 40.5 Å². The van der Waals surface area contributed by atoms with Crippen molar-refractivity contribution in [3.63, 3.8) is 0 Å². The first-order valence-corrected chi connectivity index (χ1v) is 23.5. The topological polar surface area (TPSA) is 179 Å². The highest BCUT2D eigenvalue weighted by Crippen LogP contribution is 2.41. The summed E-state index contributed by atoms with van der Waals surface area (Å²) < 4.78 is 14.0. The van der Waals surface area contributed by atoms with Crippen LogP contribution in [0.3, 0.4) is 0 Å². The molecule has 2 aromatic carbocycles. The molecule has 362 valence electrons. The lowest BCUT2D eigenvalue weighted by atomic mass is 9.84. The van der Waals surface area contributed by atoms with Crippen LogP contribution in [0.1, 0.15) is 64.3 Å². The Morgan fingerprint density at radius 3 is 2.54 bits per heavy atom. The summed E-state index contributed by atoms with van der Waals surface area (Å²) in [4.78, 5) is 79.1. The third-order valence-corrected chi connectivity index (χ3v) is 13.0. The van der Waals surface area contributed by atoms with Gasteiger partial charge >= 0.3 is 5.97 Å². The molecule has 4 aromatic rings. The van der Waals surface area contributed by atoms with Crippen LogP contribution in [0, 0.1) is 29.1 Å². The quantitative estimate of drug-likeness (QED) is 0.152. The van der Waals surface area contributed by atoms with Crippen molar-refractivity contribution in [1.29, 1.82) is 0 Å². The summed E-state index contributed by atoms with van der Waals surface area (Å²) in [5.41, 5.74) is 9.51. The van der Waals surface area contributed by atoms with Gasteiger partial charge in [-0.1, -0.05) is 45.7 Å². The number of phenolic OH excluding ortho intramolecular Hbond substituents is 1. The van der Waals surface area contributed by atoms with Crippen LogP contribution in [-0.2, 0) is 59.4 Å². The van der Waals surface area contributed by atoms with Gasteiger partial charge in [-0.15, -0.1) is 0 Å². The lowest BCUT2D eigenvalue weighted by molar-refractivity contribution is -0.155. The number of cyclic esters (lactones) is 1. The normalized spacial score (nSPS) is 19.2. The lowest BCUT2D eigenvalue weighted by Gasteiger charge is -2.41. The van der Waals surface area contributed by atoms with Gasteiger partial charge in [-0.3, -0.25) is 38.9 Å². The molecule has 1 unspecified atom stereocenters. The summed E-state index contributed by atoms with van der Waals surface area (Å²) in [7, 11) is 6.94. The van der Waals surface area contributed by atoms with Crippen LogP contribution in [0.25, 0.3) is 33.3 Å². The van der Waals surface area contributed by atoms with E-state index in [1.807, 2.05) is 51.0 Å². The molecule has 3 atom stereocenters. The maximum atomic E-state index is 14.7. The van der Waals surface area contributed by atoms with Crippen LogP contribution in [0.2, 0.25) is 0 Å². The van der Waals surface area contributed by atoms with Gasteiger partial charge in [0.25, 0.3) is 11.8 Å². The first-order valence-electron chi connectivity index (χ1n) is 23.5. The van der Waals surface area contributed by atoms with Crippen LogP contribution in [0.5, 0.6) is 5.75 Å². The molecule has 68 heavy (non-hydrogen) atoms. The second-order valence-corrected chi connectivity index (χ2v) is 19.7. The molecule has 3 aliphatic rings. The molecule has 2 aromatic heterocycles. The van der Waals surface area contributed by atoms with E-state index >= 15 is 0 Å². The van der Waals surface area contributed by atoms with Gasteiger partial charge in [0.2, 0.25) is 11.8 Å². The number of rotatable bonds is 10. The molecule has 2 fully saturated rings. The van der Waals surface area contributed by atoms with E-state index in [0.29, 0.717) is 50.1 Å². The van der Waals surface area contributed by atoms with E-state index in [9.17, 15) is 29.1 Å². The number of amides is 4. The highest BCUT2D eigenvalue weighted by Gasteiger charge is 2.42. The van der Waals surface area contributed by atoms with Crippen molar-refractivity contribution < 1.29 is 38.6 Å². The number of aryl methyl sites for hydroxylation is 1. The molecular formula is C52H66N8O8. The van der Waals surface area contributed by atoms with Gasteiger partial charge in [0.15, 0.2) is 0 Å². The van der Waals surface area contributed by atoms with Gasteiger partial charge in [0.05, 0.1) is 37.1 Å². The van der Waals surface area contributed by atoms with Gasteiger partial charge in [-0.2, -0.15) is 0 Å². The zero-order chi connectivity index (χ0) is 49.0. The molecule has 3 N–H and O–H groups in total. The summed E-state index contributed by atoms with van der Waals surface area (Å²) in [5.74, 6) is 2.42. The van der Waals surface area contributed by atoms with Crippen molar-refractivity contribution in [2.45, 2.75) is 91.6 Å². The minimum atomic E-state index is -1.17. The number of carbonyl (C=O) groups excluding carboxylic acids is 5. The van der Waals surface area contributed by atoms with Crippen LogP contribution >= 0.6 is 0 Å². The minimum Gasteiger partial charge on any atom is -0.508 e. The second-order valence-electron chi connectivity index (χ2n) is 19.7. The van der Waals surface area contributed by atoms with Gasteiger partial charge < -0.3 is 34.3 Å². The Labute approximate surface area is 399 Å². The van der Waals surface area contributed by atoms with Gasteiger partial charge in [0.1, 0.15) is 23.9 Å². The van der Waals surface area contributed by atoms with E-state index in [2.05, 4.69) is 66.1 Å². The number of phenols is 1. The Morgan fingerprint density at radius 1 is 1.07 bits per heavy atom. The van der Waals surface area contributed by atoms with Gasteiger partial charge in [0, 0.05) is 74.8 Å². The maximum absolute atomic E-state index is 14.7. The largest absolute Gasteiger partial charge is 0.508 e. The summed E-state index contributed by atoms with van der Waals surface area (Å²) in [6, 6.07) is 12.4. The molecule has 5 heterocycles. The monoisotopic (exact) mass is 931 g/mol. The zero-order valence-electron chi connectivity index (χ0n) is 40.8. The minimum absolute atomic E-state index is 0.0155. The highest BCUT2D eigenvalue weighted by molar-refractivity contribution is 5.97. The van der Waals surface area contributed by atoms with Gasteiger partial charge in [-0.05, 0) is 111 Å². The number of ether oxygens (including phenoxy) is 2. The molecule has 0 spiro atoms. The molecule has 4 amide bonds. The van der Waals surface area contributed by atoms with E-state index in [-0.39, 0.29) is 56.1 Å². The van der Waals surface area contributed by atoms with Crippen molar-refractivity contribution in [1.82, 2.24) is 40.0 Å². The number of methoxy groups -OCH3 is 1. The number of nitrogens with one attached hydrogen (secondary N) is 2. The van der Waals surface area contributed by atoms with E-state index in [0.717, 1.165) is 39.0 Å². The van der Waals surface area contributed by atoms with Crippen LogP contribution in [0.15, 0.2) is 54.7 Å². The number of pyridine rings is 1. The number of benzene rings is 2. The number of nitrogens with zero attached hydrogens (tertiary/aromatic N) is 6. The predicted octanol–water partition coefficient (Wildman–Crippen LogP) is 4.40. The number of aromatic nitrogens is 2. The van der Waals surface area contributed by atoms with Crippen molar-refractivity contribution in [2.24, 2.45) is 17.3 Å².